The molecule has 0 radical (unpaired) electrons. The molecule has 2 rings (SSSR count). The number of hydrogen-bond acceptors (Lipinski definition) is 6. The number of carboxylic acid groups (broad SMARTS) is 1. The smallest absolute Gasteiger partial charge is 0.326 e. The fraction of sp³-hybridized carbons (Fsp3) is 0.625. The summed E-state index contributed by atoms with van der Waals surface area (Å²) in [5, 5.41) is 16.5. The topological polar surface area (TPSA) is 121 Å². The van der Waals surface area contributed by atoms with Crippen molar-refractivity contribution in [2.24, 2.45) is 5.92 Å². The molecule has 9 nitrogen and oxygen atoms in total. The van der Waals surface area contributed by atoms with Gasteiger partial charge in [0.25, 0.3) is 0 Å². The number of aromatic nitrogens is 1. The lowest BCUT2D eigenvalue weighted by molar-refractivity contribution is -0.142. The second-order valence-corrected chi connectivity index (χ2v) is 7.30. The highest BCUT2D eigenvalue weighted by atomic mass is 32.1. The van der Waals surface area contributed by atoms with E-state index in [-0.39, 0.29) is 18.4 Å². The first kappa shape index (κ1) is 20.1. The molecule has 144 valence electrons. The van der Waals surface area contributed by atoms with Crippen molar-refractivity contribution in [1.82, 2.24) is 15.2 Å². The number of rotatable bonds is 7. The van der Waals surface area contributed by atoms with Gasteiger partial charge < -0.3 is 20.1 Å². The first-order valence-corrected chi connectivity index (χ1v) is 9.33. The average Bonchev–Trinajstić information content (AvgIpc) is 3.01. The zero-order valence-electron chi connectivity index (χ0n) is 14.9. The molecule has 26 heavy (non-hydrogen) atoms. The van der Waals surface area contributed by atoms with Gasteiger partial charge in [0, 0.05) is 18.5 Å². The maximum Gasteiger partial charge on any atom is 0.326 e. The molecule has 1 aromatic rings. The van der Waals surface area contributed by atoms with E-state index >= 15 is 0 Å². The molecule has 1 saturated heterocycles. The molecule has 1 unspecified atom stereocenters. The van der Waals surface area contributed by atoms with Crippen LogP contribution >= 0.6 is 11.3 Å². The minimum atomic E-state index is -1.05. The van der Waals surface area contributed by atoms with Crippen LogP contribution in [0.1, 0.15) is 26.0 Å². The van der Waals surface area contributed by atoms with Gasteiger partial charge in [0.1, 0.15) is 6.04 Å². The van der Waals surface area contributed by atoms with E-state index < -0.39 is 17.9 Å². The van der Waals surface area contributed by atoms with Gasteiger partial charge >= 0.3 is 12.0 Å². The van der Waals surface area contributed by atoms with Crippen LogP contribution in [0.2, 0.25) is 0 Å². The Bertz CT molecular complexity index is 642. The van der Waals surface area contributed by atoms with Gasteiger partial charge in [-0.2, -0.15) is 0 Å². The van der Waals surface area contributed by atoms with Crippen molar-refractivity contribution < 1.29 is 24.2 Å². The van der Waals surface area contributed by atoms with Gasteiger partial charge in [-0.1, -0.05) is 13.8 Å². The Morgan fingerprint density at radius 2 is 2.04 bits per heavy atom. The van der Waals surface area contributed by atoms with Crippen molar-refractivity contribution in [2.75, 3.05) is 31.6 Å². The number of amides is 3. The molecule has 1 atom stereocenters. The number of urea groups is 1. The molecule has 1 aromatic heterocycles. The third kappa shape index (κ3) is 6.26. The van der Waals surface area contributed by atoms with Crippen molar-refractivity contribution in [3.05, 3.63) is 11.1 Å². The molecule has 3 amide bonds. The molecule has 0 saturated carbocycles. The maximum atomic E-state index is 12.1. The molecule has 1 aliphatic heterocycles. The standard InChI is InChI=1S/C16H24N4O5S/c1-10(2)7-12(14(22)23)18-13(21)8-11-9-26-15(17-11)19-16(24)20-3-5-25-6-4-20/h9-10,12H,3-8H2,1-2H3,(H,18,21)(H,22,23)(H,17,19,24). The number of morpholine rings is 1. The first-order chi connectivity index (χ1) is 12.3. The van der Waals surface area contributed by atoms with Crippen LogP contribution in [0, 0.1) is 5.92 Å². The van der Waals surface area contributed by atoms with Crippen LogP contribution in [0.4, 0.5) is 9.93 Å². The van der Waals surface area contributed by atoms with E-state index in [0.717, 1.165) is 0 Å². The van der Waals surface area contributed by atoms with E-state index in [1.807, 2.05) is 13.8 Å². The quantitative estimate of drug-likeness (QED) is 0.649. The number of carboxylic acids is 1. The van der Waals surface area contributed by atoms with Crippen LogP contribution in [-0.4, -0.2) is 65.2 Å². The van der Waals surface area contributed by atoms with Crippen LogP contribution in [0.15, 0.2) is 5.38 Å². The summed E-state index contributed by atoms with van der Waals surface area (Å²) in [6.45, 7) is 5.87. The number of aliphatic carboxylic acids is 1. The van der Waals surface area contributed by atoms with E-state index in [0.29, 0.717) is 43.5 Å². The summed E-state index contributed by atoms with van der Waals surface area (Å²) in [7, 11) is 0. The largest absolute Gasteiger partial charge is 0.480 e. The lowest BCUT2D eigenvalue weighted by Gasteiger charge is -2.26. The predicted octanol–water partition coefficient (Wildman–Crippen LogP) is 1.17. The normalized spacial score (nSPS) is 15.6. The van der Waals surface area contributed by atoms with E-state index in [2.05, 4.69) is 15.6 Å². The highest BCUT2D eigenvalue weighted by molar-refractivity contribution is 7.13. The number of carbonyl (C=O) groups is 3. The summed E-state index contributed by atoms with van der Waals surface area (Å²) in [5.41, 5.74) is 0.485. The second-order valence-electron chi connectivity index (χ2n) is 6.44. The molecule has 1 aliphatic rings. The van der Waals surface area contributed by atoms with Crippen molar-refractivity contribution >= 4 is 34.4 Å². The van der Waals surface area contributed by atoms with E-state index in [1.165, 1.54) is 11.3 Å². The molecule has 0 bridgehead atoms. The highest BCUT2D eigenvalue weighted by Crippen LogP contribution is 2.17. The van der Waals surface area contributed by atoms with Crippen LogP contribution in [0.25, 0.3) is 0 Å². The maximum absolute atomic E-state index is 12.1. The highest BCUT2D eigenvalue weighted by Gasteiger charge is 2.22. The zero-order valence-corrected chi connectivity index (χ0v) is 15.7. The summed E-state index contributed by atoms with van der Waals surface area (Å²) in [4.78, 5) is 41.2. The third-order valence-electron chi connectivity index (χ3n) is 3.75. The van der Waals surface area contributed by atoms with Crippen molar-refractivity contribution in [1.29, 1.82) is 0 Å². The molecule has 0 aliphatic carbocycles. The Hall–Kier alpha value is -2.20. The van der Waals surface area contributed by atoms with E-state index in [1.54, 1.807) is 10.3 Å². The van der Waals surface area contributed by atoms with Gasteiger partial charge in [0.2, 0.25) is 5.91 Å². The Kier molecular flexibility index (Phi) is 7.34. The summed E-state index contributed by atoms with van der Waals surface area (Å²) in [5.74, 6) is -1.31. The fourth-order valence-corrected chi connectivity index (χ4v) is 3.19. The van der Waals surface area contributed by atoms with Gasteiger partial charge in [-0.25, -0.2) is 14.6 Å². The number of carbonyl (C=O) groups excluding carboxylic acids is 2. The molecular weight excluding hydrogens is 360 g/mol. The fourth-order valence-electron chi connectivity index (χ4n) is 2.49. The summed E-state index contributed by atoms with van der Waals surface area (Å²) in [6.07, 6.45) is 0.324. The Balaban J connectivity index is 1.85. The molecular formula is C16H24N4O5S. The van der Waals surface area contributed by atoms with Crippen LogP contribution in [-0.2, 0) is 20.7 Å². The molecule has 3 N–H and O–H groups in total. The number of thiazole rings is 1. The van der Waals surface area contributed by atoms with E-state index in [4.69, 9.17) is 4.74 Å². The van der Waals surface area contributed by atoms with Gasteiger partial charge in [0.05, 0.1) is 25.3 Å². The minimum absolute atomic E-state index is 0.0359. The van der Waals surface area contributed by atoms with Crippen LogP contribution < -0.4 is 10.6 Å². The molecule has 2 heterocycles. The molecule has 1 fully saturated rings. The van der Waals surface area contributed by atoms with Crippen LogP contribution in [0.3, 0.4) is 0 Å². The van der Waals surface area contributed by atoms with Crippen molar-refractivity contribution in [2.45, 2.75) is 32.7 Å². The second kappa shape index (κ2) is 9.48. The third-order valence-corrected chi connectivity index (χ3v) is 4.55. The Morgan fingerprint density at radius 1 is 1.35 bits per heavy atom. The van der Waals surface area contributed by atoms with Crippen LogP contribution in [0.5, 0.6) is 0 Å². The molecule has 0 aromatic carbocycles. The number of hydrogen-bond donors (Lipinski definition) is 3. The monoisotopic (exact) mass is 384 g/mol. The minimum Gasteiger partial charge on any atom is -0.480 e. The number of nitrogens with one attached hydrogen (secondary N) is 2. The zero-order chi connectivity index (χ0) is 19.1. The number of anilines is 1. The Labute approximate surface area is 155 Å². The number of ether oxygens (including phenoxy) is 1. The summed E-state index contributed by atoms with van der Waals surface area (Å²) < 4.78 is 5.20. The average molecular weight is 384 g/mol. The lowest BCUT2D eigenvalue weighted by Crippen LogP contribution is -2.43. The Morgan fingerprint density at radius 3 is 2.65 bits per heavy atom. The van der Waals surface area contributed by atoms with Crippen molar-refractivity contribution in [3.63, 3.8) is 0 Å². The van der Waals surface area contributed by atoms with Gasteiger partial charge in [-0.3, -0.25) is 10.1 Å². The van der Waals surface area contributed by atoms with Gasteiger partial charge in [0.15, 0.2) is 5.13 Å². The summed E-state index contributed by atoms with van der Waals surface area (Å²) >= 11 is 1.22. The number of nitrogens with zero attached hydrogens (tertiary/aromatic N) is 2. The SMILES string of the molecule is CC(C)CC(NC(=O)Cc1csc(NC(=O)N2CCOCC2)n1)C(=O)O. The first-order valence-electron chi connectivity index (χ1n) is 8.45. The summed E-state index contributed by atoms with van der Waals surface area (Å²) in [6, 6.07) is -1.16. The van der Waals surface area contributed by atoms with Crippen molar-refractivity contribution in [3.8, 4) is 0 Å². The predicted molar refractivity (Wildman–Crippen MR) is 96.3 cm³/mol. The molecule has 0 spiro atoms. The lowest BCUT2D eigenvalue weighted by atomic mass is 10.0. The van der Waals surface area contributed by atoms with Gasteiger partial charge in [-0.15, -0.1) is 11.3 Å². The molecule has 10 heteroatoms. The van der Waals surface area contributed by atoms with E-state index in [9.17, 15) is 19.5 Å². The van der Waals surface area contributed by atoms with Gasteiger partial charge in [-0.05, 0) is 12.3 Å².